The van der Waals surface area contributed by atoms with Crippen molar-refractivity contribution in [1.29, 1.82) is 0 Å². The maximum atomic E-state index is 13.0. The highest BCUT2D eigenvalue weighted by Crippen LogP contribution is 2.34. The number of aliphatic hydroxyl groups excluding tert-OH is 1. The van der Waals surface area contributed by atoms with Crippen LogP contribution in [0.5, 0.6) is 11.5 Å². The Kier molecular flexibility index (Phi) is 9.11. The Morgan fingerprint density at radius 3 is 2.39 bits per heavy atom. The van der Waals surface area contributed by atoms with Crippen LogP contribution in [0.3, 0.4) is 0 Å². The Balaban J connectivity index is 1.75. The van der Waals surface area contributed by atoms with Gasteiger partial charge in [-0.3, -0.25) is 9.79 Å². The zero-order valence-electron chi connectivity index (χ0n) is 20.0. The minimum Gasteiger partial charge on any atom is -0.511 e. The minimum absolute atomic E-state index is 0.0143. The third-order valence-electron chi connectivity index (χ3n) is 5.80. The Bertz CT molecular complexity index is 994. The molecule has 0 spiro atoms. The van der Waals surface area contributed by atoms with Crippen LogP contribution in [0.25, 0.3) is 0 Å². The van der Waals surface area contributed by atoms with E-state index in [-0.39, 0.29) is 17.5 Å². The number of allylic oxidation sites excluding steroid dienone is 2. The molecule has 5 nitrogen and oxygen atoms in total. The Labute approximate surface area is 197 Å². The molecule has 1 N–H and O–H groups in total. The zero-order valence-corrected chi connectivity index (χ0v) is 20.0. The van der Waals surface area contributed by atoms with Gasteiger partial charge in [0.1, 0.15) is 5.76 Å². The van der Waals surface area contributed by atoms with E-state index in [0.717, 1.165) is 34.8 Å². The SMILES string of the molecule is CCCC(=NCCc1ccc(OCC)c(OCC)c1)C1=C(O)CC(c2ccccc2)CC1=O. The third-order valence-corrected chi connectivity index (χ3v) is 5.80. The van der Waals surface area contributed by atoms with Crippen LogP contribution in [0, 0.1) is 0 Å². The lowest BCUT2D eigenvalue weighted by Crippen LogP contribution is -2.24. The fraction of sp³-hybridized carbons (Fsp3) is 0.429. The lowest BCUT2D eigenvalue weighted by atomic mass is 9.81. The van der Waals surface area contributed by atoms with Gasteiger partial charge < -0.3 is 14.6 Å². The molecule has 33 heavy (non-hydrogen) atoms. The second-order valence-electron chi connectivity index (χ2n) is 8.24. The van der Waals surface area contributed by atoms with E-state index >= 15 is 0 Å². The summed E-state index contributed by atoms with van der Waals surface area (Å²) >= 11 is 0. The molecular formula is C28H35NO4. The van der Waals surface area contributed by atoms with Gasteiger partial charge in [-0.05, 0) is 55.9 Å². The van der Waals surface area contributed by atoms with Gasteiger partial charge >= 0.3 is 0 Å². The molecule has 0 radical (unpaired) electrons. The minimum atomic E-state index is -0.0143. The summed E-state index contributed by atoms with van der Waals surface area (Å²) in [7, 11) is 0. The number of hydrogen-bond acceptors (Lipinski definition) is 5. The first-order valence-electron chi connectivity index (χ1n) is 12.0. The number of nitrogens with zero attached hydrogens (tertiary/aromatic N) is 1. The topological polar surface area (TPSA) is 68.1 Å². The average molecular weight is 450 g/mol. The highest BCUT2D eigenvalue weighted by Gasteiger charge is 2.30. The van der Waals surface area contributed by atoms with Crippen molar-refractivity contribution in [1.82, 2.24) is 0 Å². The molecule has 176 valence electrons. The number of aliphatic hydroxyl groups is 1. The molecule has 0 fully saturated rings. The van der Waals surface area contributed by atoms with Gasteiger partial charge in [-0.15, -0.1) is 0 Å². The fourth-order valence-corrected chi connectivity index (χ4v) is 4.27. The van der Waals surface area contributed by atoms with Gasteiger partial charge in [0.15, 0.2) is 17.3 Å². The highest BCUT2D eigenvalue weighted by molar-refractivity contribution is 6.23. The molecule has 0 saturated carbocycles. The van der Waals surface area contributed by atoms with Gasteiger partial charge in [-0.1, -0.05) is 49.7 Å². The van der Waals surface area contributed by atoms with E-state index in [2.05, 4.69) is 6.92 Å². The summed E-state index contributed by atoms with van der Waals surface area (Å²) in [6.07, 6.45) is 3.14. The van der Waals surface area contributed by atoms with Crippen molar-refractivity contribution < 1.29 is 19.4 Å². The van der Waals surface area contributed by atoms with Crippen molar-refractivity contribution >= 4 is 11.5 Å². The number of ether oxygens (including phenoxy) is 2. The second-order valence-corrected chi connectivity index (χ2v) is 8.24. The number of carbonyl (C=O) groups excluding carboxylic acids is 1. The number of carbonyl (C=O) groups is 1. The van der Waals surface area contributed by atoms with E-state index in [1.165, 1.54) is 0 Å². The summed E-state index contributed by atoms with van der Waals surface area (Å²) in [6.45, 7) is 7.67. The number of ketones is 1. The average Bonchev–Trinajstić information content (AvgIpc) is 2.81. The predicted octanol–water partition coefficient (Wildman–Crippen LogP) is 6.23. The highest BCUT2D eigenvalue weighted by atomic mass is 16.5. The van der Waals surface area contributed by atoms with Crippen LogP contribution in [-0.2, 0) is 11.2 Å². The molecule has 0 aliphatic heterocycles. The van der Waals surface area contributed by atoms with Gasteiger partial charge in [0.05, 0.1) is 18.8 Å². The predicted molar refractivity (Wildman–Crippen MR) is 133 cm³/mol. The molecule has 0 heterocycles. The molecule has 1 atom stereocenters. The molecule has 1 aliphatic rings. The van der Waals surface area contributed by atoms with Gasteiger partial charge in [0.2, 0.25) is 0 Å². The maximum absolute atomic E-state index is 13.0. The molecule has 3 rings (SSSR count). The largest absolute Gasteiger partial charge is 0.511 e. The lowest BCUT2D eigenvalue weighted by Gasteiger charge is -2.24. The van der Waals surface area contributed by atoms with Crippen molar-refractivity contribution in [2.75, 3.05) is 19.8 Å². The first-order valence-corrected chi connectivity index (χ1v) is 12.0. The summed E-state index contributed by atoms with van der Waals surface area (Å²) in [5, 5.41) is 10.8. The van der Waals surface area contributed by atoms with E-state index < -0.39 is 0 Å². The Morgan fingerprint density at radius 2 is 1.73 bits per heavy atom. The van der Waals surface area contributed by atoms with Crippen molar-refractivity contribution in [2.45, 2.75) is 58.8 Å². The molecule has 2 aromatic carbocycles. The number of hydrogen-bond donors (Lipinski definition) is 1. The van der Waals surface area contributed by atoms with Gasteiger partial charge in [-0.25, -0.2) is 0 Å². The van der Waals surface area contributed by atoms with Crippen LogP contribution >= 0.6 is 0 Å². The molecule has 0 aromatic heterocycles. The first-order chi connectivity index (χ1) is 16.1. The molecule has 1 unspecified atom stereocenters. The zero-order chi connectivity index (χ0) is 23.6. The fourth-order valence-electron chi connectivity index (χ4n) is 4.27. The Morgan fingerprint density at radius 1 is 1.00 bits per heavy atom. The summed E-state index contributed by atoms with van der Waals surface area (Å²) < 4.78 is 11.4. The van der Waals surface area contributed by atoms with Gasteiger partial charge in [0, 0.05) is 25.1 Å². The monoisotopic (exact) mass is 449 g/mol. The molecular weight excluding hydrogens is 414 g/mol. The summed E-state index contributed by atoms with van der Waals surface area (Å²) in [4.78, 5) is 17.8. The number of rotatable bonds is 11. The van der Waals surface area contributed by atoms with Crippen molar-refractivity contribution in [2.24, 2.45) is 4.99 Å². The van der Waals surface area contributed by atoms with Crippen molar-refractivity contribution in [3.05, 3.63) is 71.0 Å². The van der Waals surface area contributed by atoms with Crippen molar-refractivity contribution in [3.8, 4) is 11.5 Å². The smallest absolute Gasteiger partial charge is 0.168 e. The van der Waals surface area contributed by atoms with E-state index in [4.69, 9.17) is 14.5 Å². The van der Waals surface area contributed by atoms with Crippen LogP contribution in [-0.4, -0.2) is 36.4 Å². The molecule has 1 aliphatic carbocycles. The van der Waals surface area contributed by atoms with Gasteiger partial charge in [0.25, 0.3) is 0 Å². The molecule has 0 amide bonds. The molecule has 0 bridgehead atoms. The number of benzene rings is 2. The van der Waals surface area contributed by atoms with E-state index in [9.17, 15) is 9.90 Å². The van der Waals surface area contributed by atoms with E-state index in [1.807, 2.05) is 62.4 Å². The quantitative estimate of drug-likeness (QED) is 0.413. The summed E-state index contributed by atoms with van der Waals surface area (Å²) in [5.41, 5.74) is 3.35. The number of aliphatic imine (C=N–C) groups is 1. The Hall–Kier alpha value is -3.08. The first kappa shape index (κ1) is 24.6. The normalized spacial score (nSPS) is 16.8. The lowest BCUT2D eigenvalue weighted by molar-refractivity contribution is -0.116. The van der Waals surface area contributed by atoms with Crippen LogP contribution in [0.1, 0.15) is 63.5 Å². The molecule has 5 heteroatoms. The maximum Gasteiger partial charge on any atom is 0.168 e. The van der Waals surface area contributed by atoms with Crippen LogP contribution in [0.2, 0.25) is 0 Å². The van der Waals surface area contributed by atoms with Crippen LogP contribution in [0.15, 0.2) is 64.9 Å². The van der Waals surface area contributed by atoms with Crippen molar-refractivity contribution in [3.63, 3.8) is 0 Å². The van der Waals surface area contributed by atoms with Crippen LogP contribution in [0.4, 0.5) is 0 Å². The number of Topliss-reactive ketones (excluding diaryl/α,β-unsaturated/α-hetero) is 1. The summed E-state index contributed by atoms with van der Waals surface area (Å²) in [5.74, 6) is 1.66. The van der Waals surface area contributed by atoms with E-state index in [1.54, 1.807) is 0 Å². The molecule has 2 aromatic rings. The standard InChI is InChI=1S/C28H35NO4/c1-4-10-23(28-24(30)18-22(19-25(28)31)21-11-8-7-9-12-21)29-16-15-20-13-14-26(32-5-2)27(17-20)33-6-3/h7-9,11-14,17,22,30H,4-6,10,15-16,18-19H2,1-3H3. The van der Waals surface area contributed by atoms with Crippen LogP contribution < -0.4 is 9.47 Å². The molecule has 0 saturated heterocycles. The third kappa shape index (κ3) is 6.47. The summed E-state index contributed by atoms with van der Waals surface area (Å²) in [6, 6.07) is 15.9. The second kappa shape index (κ2) is 12.2. The van der Waals surface area contributed by atoms with E-state index in [0.29, 0.717) is 51.0 Å². The van der Waals surface area contributed by atoms with Gasteiger partial charge in [-0.2, -0.15) is 0 Å².